The third kappa shape index (κ3) is 4.24. The molecule has 0 radical (unpaired) electrons. The number of ether oxygens (including phenoxy) is 2. The molecule has 5 nitrogen and oxygen atoms in total. The zero-order chi connectivity index (χ0) is 19.3. The summed E-state index contributed by atoms with van der Waals surface area (Å²) in [5.41, 5.74) is 4.11. The fourth-order valence-corrected chi connectivity index (χ4v) is 4.17. The number of hydrogen-bond donors (Lipinski definition) is 1. The highest BCUT2D eigenvalue weighted by atomic mass is 16.5. The van der Waals surface area contributed by atoms with E-state index in [0.717, 1.165) is 37.4 Å². The summed E-state index contributed by atoms with van der Waals surface area (Å²) in [5, 5.41) is 2.98. The summed E-state index contributed by atoms with van der Waals surface area (Å²) in [4.78, 5) is 14.3. The Labute approximate surface area is 166 Å². The van der Waals surface area contributed by atoms with Gasteiger partial charge in [-0.15, -0.1) is 0 Å². The zero-order valence-corrected chi connectivity index (χ0v) is 16.4. The number of hydrogen-bond acceptors (Lipinski definition) is 3. The number of urea groups is 1. The second-order valence-electron chi connectivity index (χ2n) is 7.57. The molecule has 0 saturated carbocycles. The van der Waals surface area contributed by atoms with Gasteiger partial charge in [0.1, 0.15) is 18.1 Å². The first kappa shape index (κ1) is 18.7. The minimum absolute atomic E-state index is 0.00596. The van der Waals surface area contributed by atoms with Gasteiger partial charge in [-0.05, 0) is 66.6 Å². The first-order valence-corrected chi connectivity index (χ1v) is 10.1. The standard InChI is InChI=1S/C23H28N2O3/c1-27-21-8-5-18(6-9-21)20-11-13-25(16-20)23(26)24-12-14-28-22-10-7-17-3-2-4-19(17)15-22/h5-10,15,20H,2-4,11-14,16H2,1H3,(H,24,26). The van der Waals surface area contributed by atoms with Crippen molar-refractivity contribution in [1.29, 1.82) is 0 Å². The lowest BCUT2D eigenvalue weighted by atomic mass is 9.98. The summed E-state index contributed by atoms with van der Waals surface area (Å²) in [6.07, 6.45) is 4.56. The molecule has 1 fully saturated rings. The molecule has 28 heavy (non-hydrogen) atoms. The molecular formula is C23H28N2O3. The van der Waals surface area contributed by atoms with E-state index >= 15 is 0 Å². The molecule has 1 aliphatic carbocycles. The maximum absolute atomic E-state index is 12.4. The Morgan fingerprint density at radius 1 is 1.11 bits per heavy atom. The number of benzene rings is 2. The van der Waals surface area contributed by atoms with Crippen molar-refractivity contribution in [3.63, 3.8) is 0 Å². The number of likely N-dealkylation sites (tertiary alicyclic amines) is 1. The van der Waals surface area contributed by atoms with Crippen LogP contribution in [0.1, 0.15) is 35.4 Å². The van der Waals surface area contributed by atoms with Crippen molar-refractivity contribution in [3.8, 4) is 11.5 Å². The van der Waals surface area contributed by atoms with E-state index in [1.54, 1.807) is 7.11 Å². The minimum atomic E-state index is -0.00596. The number of carbonyl (C=O) groups excluding carboxylic acids is 1. The van der Waals surface area contributed by atoms with Crippen LogP contribution in [0.15, 0.2) is 42.5 Å². The maximum atomic E-state index is 12.4. The van der Waals surface area contributed by atoms with Crippen molar-refractivity contribution in [1.82, 2.24) is 10.2 Å². The SMILES string of the molecule is COc1ccc(C2CCN(C(=O)NCCOc3ccc4c(c3)CCC4)C2)cc1. The van der Waals surface area contributed by atoms with Gasteiger partial charge in [0, 0.05) is 19.0 Å². The Morgan fingerprint density at radius 3 is 2.71 bits per heavy atom. The van der Waals surface area contributed by atoms with Gasteiger partial charge in [-0.2, -0.15) is 0 Å². The van der Waals surface area contributed by atoms with Gasteiger partial charge in [0.15, 0.2) is 0 Å². The molecule has 1 heterocycles. The molecule has 148 valence electrons. The topological polar surface area (TPSA) is 50.8 Å². The highest BCUT2D eigenvalue weighted by molar-refractivity contribution is 5.74. The van der Waals surface area contributed by atoms with Crippen molar-refractivity contribution in [2.24, 2.45) is 0 Å². The van der Waals surface area contributed by atoms with Crippen LogP contribution in [0.3, 0.4) is 0 Å². The molecule has 0 aromatic heterocycles. The Morgan fingerprint density at radius 2 is 1.89 bits per heavy atom. The number of carbonyl (C=O) groups is 1. The first-order valence-electron chi connectivity index (χ1n) is 10.1. The van der Waals surface area contributed by atoms with Gasteiger partial charge in [0.25, 0.3) is 0 Å². The van der Waals surface area contributed by atoms with Crippen LogP contribution < -0.4 is 14.8 Å². The molecule has 1 N–H and O–H groups in total. The van der Waals surface area contributed by atoms with Crippen LogP contribution >= 0.6 is 0 Å². The van der Waals surface area contributed by atoms with Crippen LogP contribution in [-0.2, 0) is 12.8 Å². The zero-order valence-electron chi connectivity index (χ0n) is 16.4. The second-order valence-corrected chi connectivity index (χ2v) is 7.57. The van der Waals surface area contributed by atoms with Gasteiger partial charge in [-0.3, -0.25) is 0 Å². The molecule has 1 saturated heterocycles. The van der Waals surface area contributed by atoms with Crippen molar-refractivity contribution in [2.45, 2.75) is 31.6 Å². The minimum Gasteiger partial charge on any atom is -0.497 e. The van der Waals surface area contributed by atoms with Crippen molar-refractivity contribution >= 4 is 6.03 Å². The van der Waals surface area contributed by atoms with E-state index in [1.165, 1.54) is 29.5 Å². The van der Waals surface area contributed by atoms with Crippen molar-refractivity contribution in [3.05, 3.63) is 59.2 Å². The molecular weight excluding hydrogens is 352 g/mol. The van der Waals surface area contributed by atoms with E-state index < -0.39 is 0 Å². The summed E-state index contributed by atoms with van der Waals surface area (Å²) in [6, 6.07) is 14.5. The molecule has 2 amide bonds. The monoisotopic (exact) mass is 380 g/mol. The van der Waals surface area contributed by atoms with Gasteiger partial charge in [0.2, 0.25) is 0 Å². The number of methoxy groups -OCH3 is 1. The van der Waals surface area contributed by atoms with E-state index in [9.17, 15) is 4.79 Å². The number of rotatable bonds is 6. The summed E-state index contributed by atoms with van der Waals surface area (Å²) in [5.74, 6) is 2.15. The van der Waals surface area contributed by atoms with Crippen LogP contribution in [0.5, 0.6) is 11.5 Å². The summed E-state index contributed by atoms with van der Waals surface area (Å²) < 4.78 is 11.0. The molecule has 0 spiro atoms. The van der Waals surface area contributed by atoms with Gasteiger partial charge in [0.05, 0.1) is 13.7 Å². The lowest BCUT2D eigenvalue weighted by Crippen LogP contribution is -2.40. The smallest absolute Gasteiger partial charge is 0.317 e. The average Bonchev–Trinajstić information content (AvgIpc) is 3.40. The molecule has 4 rings (SSSR count). The van der Waals surface area contributed by atoms with E-state index in [-0.39, 0.29) is 6.03 Å². The van der Waals surface area contributed by atoms with Gasteiger partial charge < -0.3 is 19.7 Å². The number of amides is 2. The van der Waals surface area contributed by atoms with E-state index in [0.29, 0.717) is 19.1 Å². The second kappa shape index (κ2) is 8.55. The largest absolute Gasteiger partial charge is 0.497 e. The highest BCUT2D eigenvalue weighted by Crippen LogP contribution is 2.28. The van der Waals surface area contributed by atoms with E-state index in [1.807, 2.05) is 23.1 Å². The van der Waals surface area contributed by atoms with Crippen LogP contribution in [0.25, 0.3) is 0 Å². The number of nitrogens with one attached hydrogen (secondary N) is 1. The van der Waals surface area contributed by atoms with Crippen molar-refractivity contribution < 1.29 is 14.3 Å². The predicted octanol–water partition coefficient (Wildman–Crippen LogP) is 3.76. The quantitative estimate of drug-likeness (QED) is 0.777. The highest BCUT2D eigenvalue weighted by Gasteiger charge is 2.27. The van der Waals surface area contributed by atoms with Gasteiger partial charge in [-0.1, -0.05) is 18.2 Å². The third-order valence-electron chi connectivity index (χ3n) is 5.78. The van der Waals surface area contributed by atoms with Crippen LogP contribution in [0, 0.1) is 0 Å². The normalized spacial score (nSPS) is 18.0. The molecule has 2 aromatic carbocycles. The Bertz CT molecular complexity index is 819. The van der Waals surface area contributed by atoms with Crippen LogP contribution in [0.4, 0.5) is 4.79 Å². The molecule has 0 bridgehead atoms. The Balaban J connectivity index is 1.20. The van der Waals surface area contributed by atoms with Crippen LogP contribution in [-0.4, -0.2) is 44.3 Å². The fraction of sp³-hybridized carbons (Fsp3) is 0.435. The molecule has 2 aliphatic rings. The maximum Gasteiger partial charge on any atom is 0.317 e. The van der Waals surface area contributed by atoms with Gasteiger partial charge in [-0.25, -0.2) is 4.79 Å². The summed E-state index contributed by atoms with van der Waals surface area (Å²) in [7, 11) is 1.67. The molecule has 1 atom stereocenters. The lowest BCUT2D eigenvalue weighted by molar-refractivity contribution is 0.204. The summed E-state index contributed by atoms with van der Waals surface area (Å²) in [6.45, 7) is 2.54. The Kier molecular flexibility index (Phi) is 5.70. The van der Waals surface area contributed by atoms with Crippen LogP contribution in [0.2, 0.25) is 0 Å². The van der Waals surface area contributed by atoms with E-state index in [2.05, 4.69) is 29.6 Å². The van der Waals surface area contributed by atoms with E-state index in [4.69, 9.17) is 9.47 Å². The third-order valence-corrected chi connectivity index (χ3v) is 5.78. The first-order chi connectivity index (χ1) is 13.7. The average molecular weight is 380 g/mol. The molecule has 5 heteroatoms. The number of fused-ring (bicyclic) bond motifs is 1. The van der Waals surface area contributed by atoms with Gasteiger partial charge >= 0.3 is 6.03 Å². The number of nitrogens with zero attached hydrogens (tertiary/aromatic N) is 1. The Hall–Kier alpha value is -2.69. The molecule has 1 aliphatic heterocycles. The fourth-order valence-electron chi connectivity index (χ4n) is 4.17. The molecule has 2 aromatic rings. The molecule has 1 unspecified atom stereocenters. The predicted molar refractivity (Wildman–Crippen MR) is 109 cm³/mol. The van der Waals surface area contributed by atoms with Crippen molar-refractivity contribution in [2.75, 3.05) is 33.4 Å². The number of aryl methyl sites for hydroxylation is 2. The lowest BCUT2D eigenvalue weighted by Gasteiger charge is -2.18. The summed E-state index contributed by atoms with van der Waals surface area (Å²) >= 11 is 0.